The van der Waals surface area contributed by atoms with Crippen LogP contribution < -0.4 is 0 Å². The number of ether oxygens (including phenoxy) is 1. The van der Waals surface area contributed by atoms with E-state index in [2.05, 4.69) is 0 Å². The highest BCUT2D eigenvalue weighted by Gasteiger charge is 2.25. The number of hydrogen-bond acceptors (Lipinski definition) is 8. The summed E-state index contributed by atoms with van der Waals surface area (Å²) in [5, 5.41) is 0. The summed E-state index contributed by atoms with van der Waals surface area (Å²) >= 11 is 10.7. The quantitative estimate of drug-likeness (QED) is 0.360. The van der Waals surface area contributed by atoms with E-state index >= 15 is 0 Å². The Hall–Kier alpha value is -2.63. The number of esters is 1. The van der Waals surface area contributed by atoms with Crippen LogP contribution in [0.25, 0.3) is 0 Å². The molecule has 0 saturated heterocycles. The fourth-order valence-electron chi connectivity index (χ4n) is 2.86. The summed E-state index contributed by atoms with van der Waals surface area (Å²) in [4.78, 5) is 27.7. The van der Waals surface area contributed by atoms with Gasteiger partial charge in [0.25, 0.3) is 0 Å². The van der Waals surface area contributed by atoms with Crippen molar-refractivity contribution in [2.24, 2.45) is 0 Å². The number of rotatable bonds is 10. The molecule has 0 amide bonds. The predicted octanol–water partition coefficient (Wildman–Crippen LogP) is 2.31. The van der Waals surface area contributed by atoms with Crippen LogP contribution in [0.1, 0.15) is 28.4 Å². The van der Waals surface area contributed by atoms with Crippen LogP contribution in [0.15, 0.2) is 47.3 Å². The van der Waals surface area contributed by atoms with Crippen LogP contribution in [-0.2, 0) is 19.4 Å². The summed E-state index contributed by atoms with van der Waals surface area (Å²) in [6, 6.07) is 9.14. The zero-order chi connectivity index (χ0) is 23.9. The van der Waals surface area contributed by atoms with Crippen molar-refractivity contribution in [2.45, 2.75) is 6.92 Å². The van der Waals surface area contributed by atoms with Gasteiger partial charge in [-0.05, 0) is 6.92 Å². The molecule has 0 saturated carbocycles. The Bertz CT molecular complexity index is 1100. The Morgan fingerprint density at radius 3 is 2.25 bits per heavy atom. The first-order valence-corrected chi connectivity index (χ1v) is 12.2. The lowest BCUT2D eigenvalue weighted by molar-refractivity contribution is -0.116. The van der Waals surface area contributed by atoms with Gasteiger partial charge in [-0.25, -0.2) is 13.2 Å². The van der Waals surface area contributed by atoms with Gasteiger partial charge in [-0.3, -0.25) is 4.79 Å². The largest absolute Gasteiger partial charge is 0.471 e. The molecule has 8 nitrogen and oxygen atoms in total. The van der Waals surface area contributed by atoms with Crippen molar-refractivity contribution in [3.63, 3.8) is 0 Å². The molecule has 0 aliphatic heterocycles. The Morgan fingerprint density at radius 2 is 1.62 bits per heavy atom. The second kappa shape index (κ2) is 11.3. The molecule has 172 valence electrons. The van der Waals surface area contributed by atoms with E-state index < -0.39 is 33.2 Å². The summed E-state index contributed by atoms with van der Waals surface area (Å²) in [7, 11) is -0.726. The maximum Gasteiger partial charge on any atom is 0.342 e. The van der Waals surface area contributed by atoms with Crippen molar-refractivity contribution in [2.75, 3.05) is 38.9 Å². The Morgan fingerprint density at radius 1 is 1.00 bits per heavy atom. The van der Waals surface area contributed by atoms with E-state index in [9.17, 15) is 18.0 Å². The Balaban J connectivity index is 1.98. The third-order valence-corrected chi connectivity index (χ3v) is 6.91. The van der Waals surface area contributed by atoms with Crippen molar-refractivity contribution < 1.29 is 27.2 Å². The molecule has 0 aliphatic rings. The van der Waals surface area contributed by atoms with E-state index in [0.29, 0.717) is 4.99 Å². The number of benzene rings is 1. The highest BCUT2D eigenvalue weighted by molar-refractivity contribution is 7.92. The van der Waals surface area contributed by atoms with E-state index in [1.807, 2.05) is 30.3 Å². The number of nitrogens with zero attached hydrogens (tertiary/aromatic N) is 2. The monoisotopic (exact) mass is 496 g/mol. The van der Waals surface area contributed by atoms with Crippen molar-refractivity contribution in [1.82, 2.24) is 9.80 Å². The number of hydrogen-bond donors (Lipinski definition) is 0. The maximum absolute atomic E-state index is 12.6. The topological polar surface area (TPSA) is 97.1 Å². The molecular formula is C21H24N2O6S3. The standard InChI is InChI=1S/C21H24N2O6S3/c1-4-29-21(25)18-12-28-11-17(18)20(31)23(3)14-32(26,27)13-16(24)10-22(2)19(30)15-8-6-5-7-9-15/h5-9,11-12H,4,10,13-14H2,1-3H3. The van der Waals surface area contributed by atoms with Crippen LogP contribution >= 0.6 is 24.4 Å². The molecule has 32 heavy (non-hydrogen) atoms. The average Bonchev–Trinajstić information content (AvgIpc) is 3.22. The lowest BCUT2D eigenvalue weighted by Gasteiger charge is -2.21. The van der Waals surface area contributed by atoms with E-state index in [-0.39, 0.29) is 29.3 Å². The fourth-order valence-corrected chi connectivity index (χ4v) is 4.76. The van der Waals surface area contributed by atoms with Gasteiger partial charge < -0.3 is 19.0 Å². The van der Waals surface area contributed by atoms with E-state index in [1.54, 1.807) is 14.0 Å². The molecule has 0 unspecified atom stereocenters. The number of ketones is 1. The first-order valence-electron chi connectivity index (χ1n) is 9.57. The number of sulfone groups is 1. The molecule has 0 N–H and O–H groups in total. The highest BCUT2D eigenvalue weighted by Crippen LogP contribution is 2.16. The van der Waals surface area contributed by atoms with Gasteiger partial charge in [0.15, 0.2) is 15.6 Å². The smallest absolute Gasteiger partial charge is 0.342 e. The molecule has 1 aromatic carbocycles. The van der Waals surface area contributed by atoms with Crippen LogP contribution in [-0.4, -0.2) is 78.8 Å². The molecule has 1 aromatic heterocycles. The lowest BCUT2D eigenvalue weighted by Crippen LogP contribution is -2.38. The average molecular weight is 497 g/mol. The third kappa shape index (κ3) is 6.94. The summed E-state index contributed by atoms with van der Waals surface area (Å²) < 4.78 is 35.1. The van der Waals surface area contributed by atoms with Gasteiger partial charge in [0.05, 0.1) is 18.7 Å². The van der Waals surface area contributed by atoms with Crippen LogP contribution in [0.5, 0.6) is 0 Å². The fraction of sp³-hybridized carbons (Fsp3) is 0.333. The molecular weight excluding hydrogens is 472 g/mol. The number of furan rings is 1. The second-order valence-corrected chi connectivity index (χ2v) is 9.81. The van der Waals surface area contributed by atoms with Crippen molar-refractivity contribution in [1.29, 1.82) is 0 Å². The first kappa shape index (κ1) is 25.6. The van der Waals surface area contributed by atoms with Crippen LogP contribution in [0.3, 0.4) is 0 Å². The zero-order valence-corrected chi connectivity index (χ0v) is 20.4. The molecule has 1 heterocycles. The van der Waals surface area contributed by atoms with Gasteiger partial charge in [0.2, 0.25) is 0 Å². The van der Waals surface area contributed by atoms with Gasteiger partial charge >= 0.3 is 5.97 Å². The number of carbonyl (C=O) groups excluding carboxylic acids is 2. The van der Waals surface area contributed by atoms with Crippen LogP contribution in [0.4, 0.5) is 0 Å². The summed E-state index contributed by atoms with van der Waals surface area (Å²) in [6.45, 7) is 1.69. The van der Waals surface area contributed by atoms with Gasteiger partial charge in [-0.1, -0.05) is 54.8 Å². The second-order valence-electron chi connectivity index (χ2n) is 7.01. The van der Waals surface area contributed by atoms with E-state index in [0.717, 1.165) is 5.56 Å². The maximum atomic E-state index is 12.6. The predicted molar refractivity (Wildman–Crippen MR) is 129 cm³/mol. The van der Waals surface area contributed by atoms with Gasteiger partial charge in [0, 0.05) is 19.7 Å². The summed E-state index contributed by atoms with van der Waals surface area (Å²) in [5.74, 6) is -2.29. The van der Waals surface area contributed by atoms with Crippen molar-refractivity contribution in [3.05, 3.63) is 59.5 Å². The Kier molecular flexibility index (Phi) is 9.05. The zero-order valence-electron chi connectivity index (χ0n) is 17.9. The molecule has 0 bridgehead atoms. The molecule has 0 fully saturated rings. The van der Waals surface area contributed by atoms with Gasteiger partial charge in [-0.2, -0.15) is 0 Å². The normalized spacial score (nSPS) is 11.0. The molecule has 0 spiro atoms. The minimum atomic E-state index is -3.82. The van der Waals surface area contributed by atoms with Crippen LogP contribution in [0.2, 0.25) is 0 Å². The number of Topliss-reactive ketones (excluding diaryl/α,β-unsaturated/α-hetero) is 1. The van der Waals surface area contributed by atoms with Gasteiger partial charge in [-0.15, -0.1) is 0 Å². The van der Waals surface area contributed by atoms with E-state index in [1.165, 1.54) is 29.4 Å². The van der Waals surface area contributed by atoms with E-state index in [4.69, 9.17) is 33.6 Å². The Labute approximate surface area is 198 Å². The molecule has 0 atom stereocenters. The molecule has 2 aromatic rings. The summed E-state index contributed by atoms with van der Waals surface area (Å²) in [5.41, 5.74) is 1.12. The minimum Gasteiger partial charge on any atom is -0.471 e. The molecule has 0 radical (unpaired) electrons. The van der Waals surface area contributed by atoms with Crippen LogP contribution in [0, 0.1) is 0 Å². The number of carbonyl (C=O) groups is 2. The highest BCUT2D eigenvalue weighted by atomic mass is 32.2. The van der Waals surface area contributed by atoms with Crippen molar-refractivity contribution >= 4 is 56.0 Å². The molecule has 0 aliphatic carbocycles. The molecule has 11 heteroatoms. The number of thiocarbonyl (C=S) groups is 2. The van der Waals surface area contributed by atoms with Crippen molar-refractivity contribution in [3.8, 4) is 0 Å². The lowest BCUT2D eigenvalue weighted by atomic mass is 10.2. The third-order valence-electron chi connectivity index (χ3n) is 4.29. The number of likely N-dealkylation sites (N-methyl/N-ethyl adjacent to an activating group) is 1. The SMILES string of the molecule is CCOC(=O)c1cocc1C(=S)N(C)CS(=O)(=O)CC(=O)CN(C)C(=S)c1ccccc1. The molecule has 2 rings (SSSR count). The first-order chi connectivity index (χ1) is 15.1. The summed E-state index contributed by atoms with van der Waals surface area (Å²) in [6.07, 6.45) is 2.44. The minimum absolute atomic E-state index is 0.0835. The van der Waals surface area contributed by atoms with Gasteiger partial charge in [0.1, 0.15) is 39.7 Å².